The Hall–Kier alpha value is -1.59. The molecule has 5 heteroatoms. The molecule has 2 aromatic rings. The van der Waals surface area contributed by atoms with Gasteiger partial charge < -0.3 is 5.32 Å². The summed E-state index contributed by atoms with van der Waals surface area (Å²) in [6.45, 7) is 6.98. The zero-order chi connectivity index (χ0) is 17.6. The van der Waals surface area contributed by atoms with E-state index in [2.05, 4.69) is 52.4 Å². The standard InChI is InChI=1S/C20H28N4S/c1-4-10-23-11-6-8-14-15-7-5-9-17-19(15)16(12-18(14)23)13(2)24(17)22-20(25)21-3/h5,7,9,14,18H,4,6,8,10-12H2,1-3H3,(H2,21,22,25)/t14-,18-/m1/s1. The van der Waals surface area contributed by atoms with Gasteiger partial charge in [-0.15, -0.1) is 0 Å². The second-order valence-corrected chi connectivity index (χ2v) is 7.80. The van der Waals surface area contributed by atoms with Crippen molar-refractivity contribution < 1.29 is 0 Å². The zero-order valence-electron chi connectivity index (χ0n) is 15.4. The SMILES string of the molecule is CCCN1CCC[C@@H]2c3cccc4c3c(c(C)n4NC(=S)NC)C[C@H]21. The van der Waals surface area contributed by atoms with E-state index < -0.39 is 0 Å². The molecule has 1 aliphatic carbocycles. The Morgan fingerprint density at radius 2 is 2.20 bits per heavy atom. The van der Waals surface area contributed by atoms with Gasteiger partial charge in [0, 0.05) is 30.1 Å². The first-order chi connectivity index (χ1) is 12.2. The fraction of sp³-hybridized carbons (Fsp3) is 0.550. The minimum Gasteiger partial charge on any atom is -0.364 e. The molecule has 1 saturated heterocycles. The number of aromatic nitrogens is 1. The van der Waals surface area contributed by atoms with Crippen LogP contribution >= 0.6 is 12.2 Å². The molecule has 2 aliphatic rings. The molecule has 2 atom stereocenters. The lowest BCUT2D eigenvalue weighted by atomic mass is 9.74. The average molecular weight is 357 g/mol. The number of fused-ring (bicyclic) bond motifs is 2. The lowest BCUT2D eigenvalue weighted by molar-refractivity contribution is 0.124. The van der Waals surface area contributed by atoms with Crippen molar-refractivity contribution >= 4 is 28.2 Å². The predicted molar refractivity (Wildman–Crippen MR) is 109 cm³/mol. The third kappa shape index (κ3) is 2.64. The first kappa shape index (κ1) is 16.9. The van der Waals surface area contributed by atoms with Crippen molar-refractivity contribution in [2.24, 2.45) is 0 Å². The molecule has 4 nitrogen and oxygen atoms in total. The van der Waals surface area contributed by atoms with Crippen LogP contribution < -0.4 is 10.7 Å². The number of thiocarbonyl (C=S) groups is 1. The van der Waals surface area contributed by atoms with Crippen molar-refractivity contribution in [3.05, 3.63) is 35.0 Å². The van der Waals surface area contributed by atoms with Gasteiger partial charge >= 0.3 is 0 Å². The highest BCUT2D eigenvalue weighted by Gasteiger charge is 2.38. The Labute approximate surface area is 155 Å². The third-order valence-electron chi connectivity index (χ3n) is 6.05. The van der Waals surface area contributed by atoms with Crippen LogP contribution in [0.1, 0.15) is 48.9 Å². The summed E-state index contributed by atoms with van der Waals surface area (Å²) in [6, 6.07) is 7.44. The van der Waals surface area contributed by atoms with Crippen LogP contribution in [0.15, 0.2) is 18.2 Å². The minimum absolute atomic E-state index is 0.651. The van der Waals surface area contributed by atoms with Crippen molar-refractivity contribution in [2.45, 2.75) is 51.5 Å². The highest BCUT2D eigenvalue weighted by molar-refractivity contribution is 7.80. The highest BCUT2D eigenvalue weighted by Crippen LogP contribution is 2.45. The lowest BCUT2D eigenvalue weighted by Crippen LogP contribution is -2.47. The molecule has 134 valence electrons. The van der Waals surface area contributed by atoms with E-state index >= 15 is 0 Å². The van der Waals surface area contributed by atoms with Crippen LogP contribution in [0.2, 0.25) is 0 Å². The lowest BCUT2D eigenvalue weighted by Gasteiger charge is -2.44. The maximum absolute atomic E-state index is 5.36. The van der Waals surface area contributed by atoms with Crippen molar-refractivity contribution in [1.82, 2.24) is 14.9 Å². The van der Waals surface area contributed by atoms with E-state index in [1.165, 1.54) is 54.5 Å². The summed E-state index contributed by atoms with van der Waals surface area (Å²) in [5.41, 5.74) is 8.95. The summed E-state index contributed by atoms with van der Waals surface area (Å²) < 4.78 is 2.18. The number of nitrogens with zero attached hydrogens (tertiary/aromatic N) is 2. The molecule has 2 heterocycles. The van der Waals surface area contributed by atoms with Crippen molar-refractivity contribution in [3.8, 4) is 0 Å². The van der Waals surface area contributed by atoms with Gasteiger partial charge in [-0.25, -0.2) is 0 Å². The van der Waals surface area contributed by atoms with E-state index in [0.29, 0.717) is 17.1 Å². The molecule has 0 amide bonds. The van der Waals surface area contributed by atoms with E-state index in [4.69, 9.17) is 12.2 Å². The van der Waals surface area contributed by atoms with Crippen LogP contribution in [0.4, 0.5) is 0 Å². The molecular weight excluding hydrogens is 328 g/mol. The van der Waals surface area contributed by atoms with Crippen LogP contribution in [-0.2, 0) is 6.42 Å². The Morgan fingerprint density at radius 3 is 2.96 bits per heavy atom. The van der Waals surface area contributed by atoms with Gasteiger partial charge in [-0.3, -0.25) is 15.0 Å². The van der Waals surface area contributed by atoms with Crippen molar-refractivity contribution in [1.29, 1.82) is 0 Å². The maximum Gasteiger partial charge on any atom is 0.185 e. The summed E-state index contributed by atoms with van der Waals surface area (Å²) in [7, 11) is 1.86. The molecule has 25 heavy (non-hydrogen) atoms. The molecule has 2 N–H and O–H groups in total. The Kier molecular flexibility index (Phi) is 4.46. The number of benzene rings is 1. The zero-order valence-corrected chi connectivity index (χ0v) is 16.2. The number of hydrogen-bond donors (Lipinski definition) is 2. The van der Waals surface area contributed by atoms with Crippen LogP contribution in [0.5, 0.6) is 0 Å². The monoisotopic (exact) mass is 356 g/mol. The van der Waals surface area contributed by atoms with Gasteiger partial charge in [0.25, 0.3) is 0 Å². The fourth-order valence-electron chi connectivity index (χ4n) is 4.96. The number of rotatable bonds is 3. The molecule has 1 aromatic heterocycles. The summed E-state index contributed by atoms with van der Waals surface area (Å²) in [5.74, 6) is 0.669. The molecular formula is C20H28N4S. The second-order valence-electron chi connectivity index (χ2n) is 7.39. The van der Waals surface area contributed by atoms with Crippen LogP contribution in [-0.4, -0.2) is 40.9 Å². The van der Waals surface area contributed by atoms with Crippen LogP contribution in [0.3, 0.4) is 0 Å². The van der Waals surface area contributed by atoms with Crippen molar-refractivity contribution in [2.75, 3.05) is 25.6 Å². The van der Waals surface area contributed by atoms with Gasteiger partial charge in [0.2, 0.25) is 0 Å². The average Bonchev–Trinajstić information content (AvgIpc) is 2.90. The first-order valence-corrected chi connectivity index (χ1v) is 9.92. The molecule has 0 bridgehead atoms. The van der Waals surface area contributed by atoms with Crippen LogP contribution in [0.25, 0.3) is 10.9 Å². The molecule has 0 radical (unpaired) electrons. The molecule has 0 unspecified atom stereocenters. The smallest absolute Gasteiger partial charge is 0.185 e. The number of piperidine rings is 1. The van der Waals surface area contributed by atoms with Crippen molar-refractivity contribution in [3.63, 3.8) is 0 Å². The van der Waals surface area contributed by atoms with Gasteiger partial charge in [-0.2, -0.15) is 0 Å². The topological polar surface area (TPSA) is 32.2 Å². The predicted octanol–water partition coefficient (Wildman–Crippen LogP) is 3.51. The molecule has 1 aliphatic heterocycles. The van der Waals surface area contributed by atoms with E-state index in [9.17, 15) is 0 Å². The van der Waals surface area contributed by atoms with E-state index in [1.54, 1.807) is 5.56 Å². The number of likely N-dealkylation sites (tertiary alicyclic amines) is 1. The first-order valence-electron chi connectivity index (χ1n) is 9.51. The quantitative estimate of drug-likeness (QED) is 0.825. The highest BCUT2D eigenvalue weighted by atomic mass is 32.1. The fourth-order valence-corrected chi connectivity index (χ4v) is 5.06. The normalized spacial score (nSPS) is 22.7. The Bertz CT molecular complexity index is 808. The van der Waals surface area contributed by atoms with Gasteiger partial charge in [-0.1, -0.05) is 19.1 Å². The minimum atomic E-state index is 0.651. The van der Waals surface area contributed by atoms with E-state index in [0.717, 1.165) is 6.42 Å². The third-order valence-corrected chi connectivity index (χ3v) is 6.34. The summed E-state index contributed by atoms with van der Waals surface area (Å²) in [5, 5.41) is 5.15. The number of nitrogens with one attached hydrogen (secondary N) is 2. The van der Waals surface area contributed by atoms with E-state index in [-0.39, 0.29) is 0 Å². The van der Waals surface area contributed by atoms with Gasteiger partial charge in [0.05, 0.1) is 5.52 Å². The maximum atomic E-state index is 5.36. The molecule has 1 fully saturated rings. The largest absolute Gasteiger partial charge is 0.364 e. The summed E-state index contributed by atoms with van der Waals surface area (Å²) in [4.78, 5) is 2.73. The van der Waals surface area contributed by atoms with Crippen LogP contribution in [0, 0.1) is 6.92 Å². The second kappa shape index (κ2) is 6.61. The molecule has 0 spiro atoms. The van der Waals surface area contributed by atoms with E-state index in [1.807, 2.05) is 7.05 Å². The summed E-state index contributed by atoms with van der Waals surface area (Å²) >= 11 is 5.36. The molecule has 1 aromatic carbocycles. The Morgan fingerprint density at radius 1 is 1.36 bits per heavy atom. The Balaban J connectivity index is 1.84. The molecule has 4 rings (SSSR count). The van der Waals surface area contributed by atoms with Gasteiger partial charge in [0.15, 0.2) is 5.11 Å². The van der Waals surface area contributed by atoms with Gasteiger partial charge in [-0.05, 0) is 75.1 Å². The number of hydrogen-bond acceptors (Lipinski definition) is 2. The van der Waals surface area contributed by atoms with Gasteiger partial charge in [0.1, 0.15) is 0 Å². The molecule has 0 saturated carbocycles. The summed E-state index contributed by atoms with van der Waals surface area (Å²) in [6.07, 6.45) is 5.02.